The van der Waals surface area contributed by atoms with Gasteiger partial charge in [-0.1, -0.05) is 36.8 Å². The second-order valence-electron chi connectivity index (χ2n) is 12.7. The van der Waals surface area contributed by atoms with Gasteiger partial charge in [-0.25, -0.2) is 14.5 Å². The highest BCUT2D eigenvalue weighted by molar-refractivity contribution is 5.95. The van der Waals surface area contributed by atoms with Gasteiger partial charge in [-0.05, 0) is 78.7 Å². The lowest BCUT2D eigenvalue weighted by molar-refractivity contribution is -0.151. The number of imide groups is 1. The third-order valence-corrected chi connectivity index (χ3v) is 7.91. The summed E-state index contributed by atoms with van der Waals surface area (Å²) in [6.45, 7) is 9.16. The quantitative estimate of drug-likeness (QED) is 0.286. The molecule has 3 atom stereocenters. The molecule has 1 aliphatic carbocycles. The molecule has 10 nitrogen and oxygen atoms in total. The van der Waals surface area contributed by atoms with Crippen LogP contribution in [0.4, 0.5) is 9.59 Å². The Bertz CT molecular complexity index is 1090. The van der Waals surface area contributed by atoms with Crippen molar-refractivity contribution in [3.05, 3.63) is 35.9 Å². The van der Waals surface area contributed by atoms with Gasteiger partial charge in [0.1, 0.15) is 30.1 Å². The Hall–Kier alpha value is -3.14. The average molecular weight is 573 g/mol. The van der Waals surface area contributed by atoms with Crippen molar-refractivity contribution >= 4 is 24.1 Å². The van der Waals surface area contributed by atoms with Crippen molar-refractivity contribution in [3.8, 4) is 0 Å². The largest absolute Gasteiger partial charge is 0.462 e. The molecule has 10 heteroatoms. The molecule has 3 fully saturated rings. The normalized spacial score (nSPS) is 23.7. The van der Waals surface area contributed by atoms with E-state index in [-0.39, 0.29) is 44.5 Å². The molecule has 0 aromatic heterocycles. The smallest absolute Gasteiger partial charge is 0.417 e. The minimum Gasteiger partial charge on any atom is -0.462 e. The van der Waals surface area contributed by atoms with Crippen LogP contribution in [-0.4, -0.2) is 70.5 Å². The van der Waals surface area contributed by atoms with E-state index >= 15 is 0 Å². The lowest BCUT2D eigenvalue weighted by atomic mass is 9.92. The van der Waals surface area contributed by atoms with E-state index in [0.29, 0.717) is 0 Å². The first kappa shape index (κ1) is 30.8. The topological polar surface area (TPSA) is 112 Å². The molecule has 0 radical (unpaired) electrons. The van der Waals surface area contributed by atoms with Crippen LogP contribution >= 0.6 is 0 Å². The van der Waals surface area contributed by atoms with Gasteiger partial charge < -0.3 is 18.9 Å². The number of benzene rings is 1. The Morgan fingerprint density at radius 2 is 1.73 bits per heavy atom. The van der Waals surface area contributed by atoms with Crippen LogP contribution in [0.5, 0.6) is 0 Å². The van der Waals surface area contributed by atoms with Gasteiger partial charge in [0.25, 0.3) is 0 Å². The van der Waals surface area contributed by atoms with Gasteiger partial charge in [0.2, 0.25) is 5.91 Å². The molecule has 1 aromatic rings. The van der Waals surface area contributed by atoms with Crippen molar-refractivity contribution in [2.75, 3.05) is 13.2 Å². The molecule has 0 N–H and O–H groups in total. The Labute approximate surface area is 242 Å². The molecule has 3 amide bonds. The molecule has 3 aliphatic rings. The Morgan fingerprint density at radius 3 is 2.39 bits per heavy atom. The molecule has 1 unspecified atom stereocenters. The minimum atomic E-state index is -0.959. The van der Waals surface area contributed by atoms with E-state index in [1.165, 1.54) is 4.90 Å². The summed E-state index contributed by atoms with van der Waals surface area (Å²) in [6, 6.07) is 8.17. The predicted molar refractivity (Wildman–Crippen MR) is 150 cm³/mol. The zero-order valence-corrected chi connectivity index (χ0v) is 24.9. The van der Waals surface area contributed by atoms with Crippen molar-refractivity contribution in [2.24, 2.45) is 5.92 Å². The molecular formula is C31H44N2O8. The Morgan fingerprint density at radius 1 is 1.05 bits per heavy atom. The number of rotatable bonds is 8. The molecule has 2 saturated heterocycles. The van der Waals surface area contributed by atoms with Gasteiger partial charge in [-0.3, -0.25) is 14.5 Å². The van der Waals surface area contributed by atoms with E-state index in [0.717, 1.165) is 42.6 Å². The van der Waals surface area contributed by atoms with Crippen LogP contribution in [0.1, 0.15) is 97.6 Å². The summed E-state index contributed by atoms with van der Waals surface area (Å²) in [6.07, 6.45) is 3.94. The molecule has 1 saturated carbocycles. The predicted octanol–water partition coefficient (Wildman–Crippen LogP) is 5.74. The summed E-state index contributed by atoms with van der Waals surface area (Å²) in [4.78, 5) is 55.7. The molecule has 2 aliphatic heterocycles. The number of carbonyl (C=O) groups is 4. The van der Waals surface area contributed by atoms with Crippen molar-refractivity contribution in [3.63, 3.8) is 0 Å². The SMILES string of the molecule is CC(C)(C)OC(=O)N1C(C[C@H](CCC(=O)OC2CCCCC2)C(=O)N2C(=O)OC[C@H]2c2ccccc2)COC1(C)C. The molecule has 41 heavy (non-hydrogen) atoms. The number of carbonyl (C=O) groups excluding carboxylic acids is 4. The number of cyclic esters (lactones) is 1. The summed E-state index contributed by atoms with van der Waals surface area (Å²) in [5.41, 5.74) is -0.900. The van der Waals surface area contributed by atoms with E-state index in [1.54, 1.807) is 34.6 Å². The van der Waals surface area contributed by atoms with Crippen LogP contribution in [0, 0.1) is 5.92 Å². The Balaban J connectivity index is 1.55. The number of amides is 3. The van der Waals surface area contributed by atoms with E-state index in [2.05, 4.69) is 0 Å². The fourth-order valence-electron chi connectivity index (χ4n) is 5.91. The van der Waals surface area contributed by atoms with Crippen LogP contribution in [0.25, 0.3) is 0 Å². The first-order valence-electron chi connectivity index (χ1n) is 14.8. The van der Waals surface area contributed by atoms with Gasteiger partial charge >= 0.3 is 18.2 Å². The molecule has 2 heterocycles. The van der Waals surface area contributed by atoms with Gasteiger partial charge in [0, 0.05) is 12.3 Å². The van der Waals surface area contributed by atoms with Gasteiger partial charge in [0.15, 0.2) is 0 Å². The molecular weight excluding hydrogens is 528 g/mol. The molecule has 0 bridgehead atoms. The molecule has 4 rings (SSSR count). The van der Waals surface area contributed by atoms with Gasteiger partial charge in [-0.15, -0.1) is 0 Å². The van der Waals surface area contributed by atoms with E-state index in [1.807, 2.05) is 30.3 Å². The maximum Gasteiger partial charge on any atom is 0.417 e. The second-order valence-corrected chi connectivity index (χ2v) is 12.7. The first-order valence-corrected chi connectivity index (χ1v) is 14.8. The van der Waals surface area contributed by atoms with Gasteiger partial charge in [0.05, 0.1) is 12.6 Å². The number of nitrogens with zero attached hydrogens (tertiary/aromatic N) is 2. The highest BCUT2D eigenvalue weighted by Gasteiger charge is 2.48. The molecule has 226 valence electrons. The van der Waals surface area contributed by atoms with E-state index in [9.17, 15) is 19.2 Å². The van der Waals surface area contributed by atoms with Crippen LogP contribution < -0.4 is 0 Å². The number of esters is 1. The van der Waals surface area contributed by atoms with Crippen molar-refractivity contribution in [2.45, 2.75) is 115 Å². The second kappa shape index (κ2) is 12.8. The maximum atomic E-state index is 14.1. The summed E-state index contributed by atoms with van der Waals surface area (Å²) < 4.78 is 22.7. The zero-order valence-electron chi connectivity index (χ0n) is 24.9. The van der Waals surface area contributed by atoms with Crippen LogP contribution in [-0.2, 0) is 28.5 Å². The van der Waals surface area contributed by atoms with Crippen LogP contribution in [0.3, 0.4) is 0 Å². The van der Waals surface area contributed by atoms with Crippen LogP contribution in [0.15, 0.2) is 30.3 Å². The van der Waals surface area contributed by atoms with E-state index < -0.39 is 47.4 Å². The average Bonchev–Trinajstić information content (AvgIpc) is 3.44. The van der Waals surface area contributed by atoms with Crippen molar-refractivity contribution in [1.82, 2.24) is 9.80 Å². The van der Waals surface area contributed by atoms with E-state index in [4.69, 9.17) is 18.9 Å². The summed E-state index contributed by atoms with van der Waals surface area (Å²) in [5.74, 6) is -1.57. The lowest BCUT2D eigenvalue weighted by Gasteiger charge is -2.36. The first-order chi connectivity index (χ1) is 19.4. The standard InChI is InChI=1S/C31H44N2O8/c1-30(2,3)41-29(37)33-23(19-39-31(33,4)5)18-22(16-17-26(34)40-24-14-10-7-11-15-24)27(35)32-25(20-38-28(32)36)21-12-8-6-9-13-21/h6,8-9,12-13,22-25H,7,10-11,14-20H2,1-5H3/t22-,23?,25-/m0/s1. The number of ether oxygens (including phenoxy) is 4. The highest BCUT2D eigenvalue weighted by Crippen LogP contribution is 2.36. The highest BCUT2D eigenvalue weighted by atomic mass is 16.6. The maximum absolute atomic E-state index is 14.1. The number of hydrogen-bond donors (Lipinski definition) is 0. The lowest BCUT2D eigenvalue weighted by Crippen LogP contribution is -2.51. The van der Waals surface area contributed by atoms with Crippen molar-refractivity contribution in [1.29, 1.82) is 0 Å². The summed E-state index contributed by atoms with van der Waals surface area (Å²) in [7, 11) is 0. The molecule has 0 spiro atoms. The van der Waals surface area contributed by atoms with Gasteiger partial charge in [-0.2, -0.15) is 0 Å². The fourth-order valence-corrected chi connectivity index (χ4v) is 5.91. The summed E-state index contributed by atoms with van der Waals surface area (Å²) >= 11 is 0. The fraction of sp³-hybridized carbons (Fsp3) is 0.677. The number of hydrogen-bond acceptors (Lipinski definition) is 8. The van der Waals surface area contributed by atoms with Crippen LogP contribution in [0.2, 0.25) is 0 Å². The summed E-state index contributed by atoms with van der Waals surface area (Å²) in [5, 5.41) is 0. The minimum absolute atomic E-state index is 0.0230. The third kappa shape index (κ3) is 7.78. The monoisotopic (exact) mass is 572 g/mol. The zero-order chi connectivity index (χ0) is 29.8. The molecule has 1 aromatic carbocycles. The van der Waals surface area contributed by atoms with Crippen molar-refractivity contribution < 1.29 is 38.1 Å². The Kier molecular flexibility index (Phi) is 9.62. The third-order valence-electron chi connectivity index (χ3n) is 7.91.